The molecule has 108 valence electrons. The summed E-state index contributed by atoms with van der Waals surface area (Å²) in [6.07, 6.45) is 0. The van der Waals surface area contributed by atoms with E-state index in [1.807, 2.05) is 13.8 Å². The molecule has 0 saturated carbocycles. The van der Waals surface area contributed by atoms with Crippen LogP contribution in [0.15, 0.2) is 10.5 Å². The van der Waals surface area contributed by atoms with Gasteiger partial charge in [-0.25, -0.2) is 8.42 Å². The van der Waals surface area contributed by atoms with Crippen LogP contribution in [0.1, 0.15) is 30.9 Å². The number of hydrogen-bond donors (Lipinski definition) is 0. The van der Waals surface area contributed by atoms with E-state index in [0.717, 1.165) is 5.56 Å². The molecular weight excluding hydrogens is 356 g/mol. The fraction of sp³-hybridized carbons (Fsp3) is 0.500. The second-order valence-corrected chi connectivity index (χ2v) is 7.96. The summed E-state index contributed by atoms with van der Waals surface area (Å²) in [6, 6.07) is 1.68. The summed E-state index contributed by atoms with van der Waals surface area (Å²) in [5.41, 5.74) is 1.38. The zero-order valence-corrected chi connectivity index (χ0v) is 14.3. The molecule has 0 heterocycles. The Balaban J connectivity index is 3.61. The Labute approximate surface area is 126 Å². The minimum Gasteiger partial charge on any atom is -0.493 e. The van der Waals surface area contributed by atoms with E-state index in [4.69, 9.17) is 20.2 Å². The Morgan fingerprint density at radius 2 is 1.89 bits per heavy atom. The highest BCUT2D eigenvalue weighted by molar-refractivity contribution is 9.10. The van der Waals surface area contributed by atoms with Gasteiger partial charge in [0, 0.05) is 20.7 Å². The lowest BCUT2D eigenvalue weighted by Crippen LogP contribution is -2.07. The van der Waals surface area contributed by atoms with Crippen LogP contribution in [-0.2, 0) is 14.8 Å². The van der Waals surface area contributed by atoms with E-state index < -0.39 is 9.05 Å². The van der Waals surface area contributed by atoms with Crippen molar-refractivity contribution in [1.29, 1.82) is 0 Å². The first-order chi connectivity index (χ1) is 8.71. The standard InChI is InChI=1S/C12H16BrClO4S/c1-7(2)11-8(6-19(14,15)16)9(13)5-10(17-3)12(11)18-4/h5,7H,6H2,1-4H3. The summed E-state index contributed by atoms with van der Waals surface area (Å²) in [6.45, 7) is 3.90. The van der Waals surface area contributed by atoms with Gasteiger partial charge in [-0.3, -0.25) is 0 Å². The zero-order valence-electron chi connectivity index (χ0n) is 11.2. The largest absolute Gasteiger partial charge is 0.493 e. The molecule has 1 aromatic carbocycles. The number of rotatable bonds is 5. The van der Waals surface area contributed by atoms with Crippen LogP contribution in [0.3, 0.4) is 0 Å². The van der Waals surface area contributed by atoms with Gasteiger partial charge in [0.15, 0.2) is 11.5 Å². The van der Waals surface area contributed by atoms with Crippen LogP contribution in [0.4, 0.5) is 0 Å². The maximum atomic E-state index is 11.4. The van der Waals surface area contributed by atoms with Crippen molar-refractivity contribution in [3.8, 4) is 11.5 Å². The number of hydrogen-bond acceptors (Lipinski definition) is 4. The Morgan fingerprint density at radius 1 is 1.32 bits per heavy atom. The van der Waals surface area contributed by atoms with Gasteiger partial charge in [-0.05, 0) is 17.5 Å². The second kappa shape index (κ2) is 6.33. The van der Waals surface area contributed by atoms with Gasteiger partial charge < -0.3 is 9.47 Å². The van der Waals surface area contributed by atoms with E-state index >= 15 is 0 Å². The Kier molecular flexibility index (Phi) is 5.53. The molecule has 0 fully saturated rings. The molecule has 0 aliphatic carbocycles. The molecule has 4 nitrogen and oxygen atoms in total. The van der Waals surface area contributed by atoms with E-state index in [-0.39, 0.29) is 11.7 Å². The molecule has 1 aromatic rings. The zero-order chi connectivity index (χ0) is 14.8. The fourth-order valence-electron chi connectivity index (χ4n) is 1.96. The van der Waals surface area contributed by atoms with Gasteiger partial charge >= 0.3 is 0 Å². The number of benzene rings is 1. The summed E-state index contributed by atoms with van der Waals surface area (Å²) in [4.78, 5) is 0. The minimum absolute atomic E-state index is 0.0646. The first-order valence-corrected chi connectivity index (χ1v) is 8.84. The van der Waals surface area contributed by atoms with Gasteiger partial charge in [0.25, 0.3) is 0 Å². The molecule has 7 heteroatoms. The molecule has 0 unspecified atom stereocenters. The Hall–Kier alpha value is -0.460. The highest BCUT2D eigenvalue weighted by Crippen LogP contribution is 2.42. The van der Waals surface area contributed by atoms with Crippen LogP contribution in [0.2, 0.25) is 0 Å². The molecule has 1 rings (SSSR count). The number of methoxy groups -OCH3 is 2. The summed E-state index contributed by atoms with van der Waals surface area (Å²) in [7, 11) is 4.77. The van der Waals surface area contributed by atoms with Crippen LogP contribution in [0.25, 0.3) is 0 Å². The van der Waals surface area contributed by atoms with Crippen molar-refractivity contribution in [1.82, 2.24) is 0 Å². The minimum atomic E-state index is -3.65. The van der Waals surface area contributed by atoms with Gasteiger partial charge in [-0.15, -0.1) is 0 Å². The van der Waals surface area contributed by atoms with Gasteiger partial charge in [0.1, 0.15) is 0 Å². The quantitative estimate of drug-likeness (QED) is 0.741. The summed E-state index contributed by atoms with van der Waals surface area (Å²) in [5, 5.41) is 0. The highest BCUT2D eigenvalue weighted by Gasteiger charge is 2.23. The van der Waals surface area contributed by atoms with Gasteiger partial charge in [-0.1, -0.05) is 29.8 Å². The summed E-state index contributed by atoms with van der Waals surface area (Å²) >= 11 is 3.36. The average molecular weight is 372 g/mol. The molecule has 0 bridgehead atoms. The molecule has 19 heavy (non-hydrogen) atoms. The van der Waals surface area contributed by atoms with Crippen LogP contribution in [0.5, 0.6) is 11.5 Å². The number of ether oxygens (including phenoxy) is 2. The molecule has 0 aliphatic heterocycles. The van der Waals surface area contributed by atoms with Crippen molar-refractivity contribution in [2.75, 3.05) is 14.2 Å². The van der Waals surface area contributed by atoms with Gasteiger partial charge in [0.2, 0.25) is 9.05 Å². The van der Waals surface area contributed by atoms with E-state index in [2.05, 4.69) is 15.9 Å². The lowest BCUT2D eigenvalue weighted by Gasteiger charge is -2.20. The third-order valence-electron chi connectivity index (χ3n) is 2.66. The molecule has 0 N–H and O–H groups in total. The second-order valence-electron chi connectivity index (χ2n) is 4.32. The smallest absolute Gasteiger partial charge is 0.236 e. The third kappa shape index (κ3) is 4.00. The maximum absolute atomic E-state index is 11.4. The predicted molar refractivity (Wildman–Crippen MR) is 79.8 cm³/mol. The van der Waals surface area contributed by atoms with Gasteiger partial charge in [-0.2, -0.15) is 0 Å². The molecule has 0 saturated heterocycles. The van der Waals surface area contributed by atoms with Gasteiger partial charge in [0.05, 0.1) is 20.0 Å². The monoisotopic (exact) mass is 370 g/mol. The lowest BCUT2D eigenvalue weighted by molar-refractivity contribution is 0.349. The van der Waals surface area contributed by atoms with Crippen molar-refractivity contribution in [2.45, 2.75) is 25.5 Å². The van der Waals surface area contributed by atoms with Crippen LogP contribution >= 0.6 is 26.6 Å². The summed E-state index contributed by atoms with van der Waals surface area (Å²) in [5.74, 6) is 0.891. The Morgan fingerprint density at radius 3 is 2.26 bits per heavy atom. The van der Waals surface area contributed by atoms with Crippen LogP contribution < -0.4 is 9.47 Å². The molecule has 0 spiro atoms. The fourth-order valence-corrected chi connectivity index (χ4v) is 3.69. The lowest BCUT2D eigenvalue weighted by atomic mass is 9.96. The predicted octanol–water partition coefficient (Wildman–Crippen LogP) is 3.66. The van der Waals surface area contributed by atoms with Crippen molar-refractivity contribution < 1.29 is 17.9 Å². The molecule has 0 amide bonds. The molecular formula is C12H16BrClO4S. The van der Waals surface area contributed by atoms with Crippen molar-refractivity contribution in [3.05, 3.63) is 21.7 Å². The Bertz CT molecular complexity index is 570. The first kappa shape index (κ1) is 16.6. The van der Waals surface area contributed by atoms with Crippen LogP contribution in [-0.4, -0.2) is 22.6 Å². The van der Waals surface area contributed by atoms with Crippen LogP contribution in [0, 0.1) is 0 Å². The van der Waals surface area contributed by atoms with E-state index in [0.29, 0.717) is 21.5 Å². The normalized spacial score (nSPS) is 11.7. The van der Waals surface area contributed by atoms with E-state index in [1.54, 1.807) is 6.07 Å². The maximum Gasteiger partial charge on any atom is 0.236 e. The molecule has 0 radical (unpaired) electrons. The molecule has 0 aliphatic rings. The molecule has 0 aromatic heterocycles. The SMILES string of the molecule is COc1cc(Br)c(CS(=O)(=O)Cl)c(C(C)C)c1OC. The average Bonchev–Trinajstić information content (AvgIpc) is 2.28. The first-order valence-electron chi connectivity index (χ1n) is 5.56. The topological polar surface area (TPSA) is 52.6 Å². The molecule has 0 atom stereocenters. The third-order valence-corrected chi connectivity index (χ3v) is 4.33. The highest BCUT2D eigenvalue weighted by atomic mass is 79.9. The van der Waals surface area contributed by atoms with E-state index in [9.17, 15) is 8.42 Å². The summed E-state index contributed by atoms with van der Waals surface area (Å²) < 4.78 is 34.0. The van der Waals surface area contributed by atoms with Crippen molar-refractivity contribution >= 4 is 35.7 Å². The van der Waals surface area contributed by atoms with E-state index in [1.165, 1.54) is 14.2 Å². The van der Waals surface area contributed by atoms with Crippen molar-refractivity contribution in [3.63, 3.8) is 0 Å². The van der Waals surface area contributed by atoms with Crippen molar-refractivity contribution in [2.24, 2.45) is 0 Å². The number of halogens is 2.